The molecule has 1 saturated heterocycles. The van der Waals surface area contributed by atoms with E-state index in [-0.39, 0.29) is 17.4 Å². The van der Waals surface area contributed by atoms with Gasteiger partial charge in [-0.05, 0) is 23.5 Å². The first-order chi connectivity index (χ1) is 8.45. The van der Waals surface area contributed by atoms with Gasteiger partial charge in [0.25, 0.3) is 0 Å². The first kappa shape index (κ1) is 12.9. The van der Waals surface area contributed by atoms with Crippen LogP contribution in [0.4, 0.5) is 5.82 Å². The fraction of sp³-hybridized carbons (Fsp3) is 0.571. The topological polar surface area (TPSA) is 54.0 Å². The number of carbonyl (C=O) groups excluding carboxylic acids is 1. The van der Waals surface area contributed by atoms with E-state index in [2.05, 4.69) is 42.5 Å². The molecule has 1 fully saturated rings. The number of nitrogens with one attached hydrogen (secondary N) is 2. The monoisotopic (exact) mass is 247 g/mol. The summed E-state index contributed by atoms with van der Waals surface area (Å²) in [4.78, 5) is 15.5. The van der Waals surface area contributed by atoms with Gasteiger partial charge < -0.3 is 10.6 Å². The van der Waals surface area contributed by atoms with E-state index in [4.69, 9.17) is 0 Å². The van der Waals surface area contributed by atoms with Crippen LogP contribution in [0.1, 0.15) is 39.2 Å². The Kier molecular flexibility index (Phi) is 3.55. The molecule has 18 heavy (non-hydrogen) atoms. The average Bonchev–Trinajstić information content (AvgIpc) is 2.72. The summed E-state index contributed by atoms with van der Waals surface area (Å²) in [6.45, 7) is 7.26. The van der Waals surface area contributed by atoms with Crippen LogP contribution in [0.5, 0.6) is 0 Å². The van der Waals surface area contributed by atoms with Crippen LogP contribution in [0, 0.1) is 0 Å². The van der Waals surface area contributed by atoms with Gasteiger partial charge in [0.15, 0.2) is 0 Å². The summed E-state index contributed by atoms with van der Waals surface area (Å²) in [7, 11) is 0. The lowest BCUT2D eigenvalue weighted by Gasteiger charge is -2.19. The summed E-state index contributed by atoms with van der Waals surface area (Å²) in [6.07, 6.45) is 3.46. The first-order valence-corrected chi connectivity index (χ1v) is 6.45. The van der Waals surface area contributed by atoms with E-state index in [1.54, 1.807) is 0 Å². The zero-order valence-corrected chi connectivity index (χ0v) is 11.3. The second kappa shape index (κ2) is 4.96. The van der Waals surface area contributed by atoms with E-state index in [1.165, 1.54) is 5.56 Å². The fourth-order valence-corrected chi connectivity index (χ4v) is 2.00. The molecule has 2 rings (SSSR count). The molecule has 1 aromatic heterocycles. The van der Waals surface area contributed by atoms with Crippen molar-refractivity contribution >= 4 is 11.7 Å². The Labute approximate surface area is 108 Å². The van der Waals surface area contributed by atoms with Gasteiger partial charge in [0, 0.05) is 25.2 Å². The van der Waals surface area contributed by atoms with Crippen molar-refractivity contribution < 1.29 is 4.79 Å². The normalized spacial score (nSPS) is 19.7. The molecular weight excluding hydrogens is 226 g/mol. The van der Waals surface area contributed by atoms with Crippen LogP contribution >= 0.6 is 0 Å². The minimum Gasteiger partial charge on any atom is -0.368 e. The molecule has 2 N–H and O–H groups in total. The third kappa shape index (κ3) is 3.22. The number of rotatable bonds is 3. The molecule has 1 amide bonds. The molecule has 4 heteroatoms. The smallest absolute Gasteiger partial charge is 0.220 e. The zero-order valence-electron chi connectivity index (χ0n) is 11.3. The molecule has 0 bridgehead atoms. The lowest BCUT2D eigenvalue weighted by molar-refractivity contribution is -0.119. The summed E-state index contributed by atoms with van der Waals surface area (Å²) in [6, 6.07) is 4.33. The summed E-state index contributed by atoms with van der Waals surface area (Å²) in [5.74, 6) is 1.02. The van der Waals surface area contributed by atoms with Gasteiger partial charge in [0.05, 0.1) is 0 Å². The van der Waals surface area contributed by atoms with Gasteiger partial charge in [-0.25, -0.2) is 4.98 Å². The Hall–Kier alpha value is -1.58. The number of amides is 1. The second-order valence-corrected chi connectivity index (χ2v) is 5.87. The van der Waals surface area contributed by atoms with Crippen LogP contribution in [0.25, 0.3) is 0 Å². The van der Waals surface area contributed by atoms with Gasteiger partial charge in [-0.2, -0.15) is 0 Å². The van der Waals surface area contributed by atoms with Crippen molar-refractivity contribution in [3.8, 4) is 0 Å². The van der Waals surface area contributed by atoms with Crippen LogP contribution in [0.15, 0.2) is 18.3 Å². The molecule has 1 aliphatic heterocycles. The summed E-state index contributed by atoms with van der Waals surface area (Å²) >= 11 is 0. The van der Waals surface area contributed by atoms with Gasteiger partial charge in [-0.1, -0.05) is 26.8 Å². The van der Waals surface area contributed by atoms with E-state index < -0.39 is 0 Å². The Balaban J connectivity index is 1.89. The molecule has 4 nitrogen and oxygen atoms in total. The molecule has 1 aromatic rings. The molecule has 1 unspecified atom stereocenters. The van der Waals surface area contributed by atoms with Crippen molar-refractivity contribution in [3.63, 3.8) is 0 Å². The van der Waals surface area contributed by atoms with Crippen LogP contribution in [0.2, 0.25) is 0 Å². The van der Waals surface area contributed by atoms with E-state index in [1.807, 2.05) is 12.3 Å². The molecule has 1 aliphatic rings. The van der Waals surface area contributed by atoms with Crippen LogP contribution in [-0.2, 0) is 10.2 Å². The van der Waals surface area contributed by atoms with Crippen molar-refractivity contribution in [2.24, 2.45) is 0 Å². The van der Waals surface area contributed by atoms with E-state index in [0.717, 1.165) is 18.8 Å². The maximum absolute atomic E-state index is 11.1. The summed E-state index contributed by atoms with van der Waals surface area (Å²) in [5.41, 5.74) is 1.35. The number of hydrogen-bond acceptors (Lipinski definition) is 3. The molecule has 0 radical (unpaired) electrons. The van der Waals surface area contributed by atoms with Gasteiger partial charge in [-0.15, -0.1) is 0 Å². The quantitative estimate of drug-likeness (QED) is 0.859. The Morgan fingerprint density at radius 3 is 2.72 bits per heavy atom. The largest absolute Gasteiger partial charge is 0.368 e. The minimum absolute atomic E-state index is 0.130. The zero-order chi connectivity index (χ0) is 13.2. The van der Waals surface area contributed by atoms with Crippen molar-refractivity contribution in [1.82, 2.24) is 10.3 Å². The standard InChI is InChI=1S/C14H21N3O/c1-14(2,3)10-4-6-12(15-8-10)16-9-11-5-7-13(18)17-11/h4,6,8,11H,5,7,9H2,1-3H3,(H,15,16)(H,17,18). The number of pyridine rings is 1. The fourth-order valence-electron chi connectivity index (χ4n) is 2.00. The number of nitrogens with zero attached hydrogens (tertiary/aromatic N) is 1. The molecular formula is C14H21N3O. The Morgan fingerprint density at radius 2 is 2.22 bits per heavy atom. The maximum atomic E-state index is 11.1. The first-order valence-electron chi connectivity index (χ1n) is 6.45. The molecule has 0 aliphatic carbocycles. The van der Waals surface area contributed by atoms with Crippen LogP contribution in [0.3, 0.4) is 0 Å². The van der Waals surface area contributed by atoms with Gasteiger partial charge in [-0.3, -0.25) is 4.79 Å². The number of carbonyl (C=O) groups is 1. The van der Waals surface area contributed by atoms with E-state index >= 15 is 0 Å². The Morgan fingerprint density at radius 1 is 1.44 bits per heavy atom. The van der Waals surface area contributed by atoms with Crippen molar-refractivity contribution in [2.75, 3.05) is 11.9 Å². The molecule has 1 atom stereocenters. The van der Waals surface area contributed by atoms with Gasteiger partial charge in [0.1, 0.15) is 5.82 Å². The van der Waals surface area contributed by atoms with Crippen molar-refractivity contribution in [3.05, 3.63) is 23.9 Å². The van der Waals surface area contributed by atoms with Crippen molar-refractivity contribution in [1.29, 1.82) is 0 Å². The highest BCUT2D eigenvalue weighted by Gasteiger charge is 2.20. The van der Waals surface area contributed by atoms with E-state index in [9.17, 15) is 4.79 Å². The third-order valence-corrected chi connectivity index (χ3v) is 3.24. The highest BCUT2D eigenvalue weighted by atomic mass is 16.1. The SMILES string of the molecule is CC(C)(C)c1ccc(NCC2CCC(=O)N2)nc1. The maximum Gasteiger partial charge on any atom is 0.220 e. The van der Waals surface area contributed by atoms with Crippen LogP contribution < -0.4 is 10.6 Å². The van der Waals surface area contributed by atoms with Gasteiger partial charge in [0.2, 0.25) is 5.91 Å². The predicted molar refractivity (Wildman–Crippen MR) is 72.6 cm³/mol. The molecule has 0 spiro atoms. The minimum atomic E-state index is 0.130. The summed E-state index contributed by atoms with van der Waals surface area (Å²) < 4.78 is 0. The molecule has 2 heterocycles. The van der Waals surface area contributed by atoms with Crippen molar-refractivity contribution in [2.45, 2.75) is 45.1 Å². The molecule has 98 valence electrons. The summed E-state index contributed by atoms with van der Waals surface area (Å²) in [5, 5.41) is 6.19. The Bertz CT molecular complexity index is 420. The highest BCUT2D eigenvalue weighted by molar-refractivity contribution is 5.78. The molecule has 0 saturated carbocycles. The number of aromatic nitrogens is 1. The van der Waals surface area contributed by atoms with Gasteiger partial charge >= 0.3 is 0 Å². The predicted octanol–water partition coefficient (Wildman–Crippen LogP) is 2.07. The number of hydrogen-bond donors (Lipinski definition) is 2. The lowest BCUT2D eigenvalue weighted by atomic mass is 9.88. The lowest BCUT2D eigenvalue weighted by Crippen LogP contribution is -2.32. The highest BCUT2D eigenvalue weighted by Crippen LogP contribution is 2.21. The third-order valence-electron chi connectivity index (χ3n) is 3.24. The second-order valence-electron chi connectivity index (χ2n) is 5.87. The van der Waals surface area contributed by atoms with E-state index in [0.29, 0.717) is 6.42 Å². The average molecular weight is 247 g/mol. The molecule has 0 aromatic carbocycles. The van der Waals surface area contributed by atoms with Crippen LogP contribution in [-0.4, -0.2) is 23.5 Å². The number of anilines is 1.